The number of guanidine groups is 1. The molecule has 0 bridgehead atoms. The predicted octanol–water partition coefficient (Wildman–Crippen LogP) is 2.73. The van der Waals surface area contributed by atoms with Crippen LogP contribution >= 0.6 is 0 Å². The van der Waals surface area contributed by atoms with Gasteiger partial charge in [-0.05, 0) is 39.5 Å². The van der Waals surface area contributed by atoms with Crippen LogP contribution in [0, 0.1) is 5.92 Å². The van der Waals surface area contributed by atoms with Crippen LogP contribution in [0.4, 0.5) is 4.79 Å². The normalized spacial score (nSPS) is 19.0. The molecule has 6 heteroatoms. The Morgan fingerprint density at radius 3 is 2.74 bits per heavy atom. The van der Waals surface area contributed by atoms with Gasteiger partial charge in [0.1, 0.15) is 5.60 Å². The summed E-state index contributed by atoms with van der Waals surface area (Å²) in [6.45, 7) is 10.8. The minimum Gasteiger partial charge on any atom is -0.444 e. The van der Waals surface area contributed by atoms with E-state index in [1.165, 1.54) is 19.3 Å². The number of amides is 1. The van der Waals surface area contributed by atoms with Crippen molar-refractivity contribution >= 4 is 12.1 Å². The molecule has 0 radical (unpaired) electrons. The molecule has 0 aromatic rings. The molecular formula is C17H34N4O2. The van der Waals surface area contributed by atoms with Crippen molar-refractivity contribution in [1.82, 2.24) is 10.2 Å². The minimum atomic E-state index is -0.445. The Morgan fingerprint density at radius 1 is 1.35 bits per heavy atom. The molecule has 1 rings (SSSR count). The van der Waals surface area contributed by atoms with Gasteiger partial charge < -0.3 is 20.7 Å². The fourth-order valence-corrected chi connectivity index (χ4v) is 2.53. The third-order valence-corrected chi connectivity index (χ3v) is 3.79. The highest BCUT2D eigenvalue weighted by atomic mass is 16.6. The van der Waals surface area contributed by atoms with E-state index < -0.39 is 5.60 Å². The lowest BCUT2D eigenvalue weighted by Gasteiger charge is -2.24. The van der Waals surface area contributed by atoms with Crippen molar-refractivity contribution < 1.29 is 9.53 Å². The monoisotopic (exact) mass is 326 g/mol. The lowest BCUT2D eigenvalue weighted by atomic mass is 10.1. The highest BCUT2D eigenvalue weighted by Crippen LogP contribution is 2.19. The maximum Gasteiger partial charge on any atom is 0.410 e. The van der Waals surface area contributed by atoms with E-state index in [4.69, 9.17) is 10.5 Å². The summed E-state index contributed by atoms with van der Waals surface area (Å²) in [7, 11) is 0. The van der Waals surface area contributed by atoms with Gasteiger partial charge in [0.25, 0.3) is 0 Å². The van der Waals surface area contributed by atoms with Gasteiger partial charge in [-0.15, -0.1) is 0 Å². The van der Waals surface area contributed by atoms with E-state index in [1.807, 2.05) is 20.8 Å². The molecule has 0 aromatic carbocycles. The van der Waals surface area contributed by atoms with E-state index in [1.54, 1.807) is 4.90 Å². The summed E-state index contributed by atoms with van der Waals surface area (Å²) < 4.78 is 5.39. The van der Waals surface area contributed by atoms with E-state index in [0.29, 0.717) is 25.0 Å². The number of carbonyl (C=O) groups excluding carboxylic acids is 1. The molecule has 0 spiro atoms. The number of hydrogen-bond acceptors (Lipinski definition) is 3. The molecule has 0 aliphatic carbocycles. The molecule has 0 aromatic heterocycles. The summed E-state index contributed by atoms with van der Waals surface area (Å²) in [5, 5.41) is 3.15. The number of nitrogens with one attached hydrogen (secondary N) is 1. The fourth-order valence-electron chi connectivity index (χ4n) is 2.53. The van der Waals surface area contributed by atoms with Gasteiger partial charge in [-0.25, -0.2) is 4.79 Å². The zero-order valence-corrected chi connectivity index (χ0v) is 15.2. The topological polar surface area (TPSA) is 80.0 Å². The first kappa shape index (κ1) is 19.6. The van der Waals surface area contributed by atoms with Crippen molar-refractivity contribution in [3.63, 3.8) is 0 Å². The third-order valence-electron chi connectivity index (χ3n) is 3.79. The van der Waals surface area contributed by atoms with Crippen molar-refractivity contribution in [2.24, 2.45) is 16.6 Å². The summed E-state index contributed by atoms with van der Waals surface area (Å²) in [6.07, 6.45) is 5.57. The van der Waals surface area contributed by atoms with Crippen molar-refractivity contribution in [3.8, 4) is 0 Å². The van der Waals surface area contributed by atoms with Crippen LogP contribution in [-0.2, 0) is 4.74 Å². The Labute approximate surface area is 140 Å². The number of nitrogens with zero attached hydrogens (tertiary/aromatic N) is 2. The number of rotatable bonds is 7. The number of ether oxygens (including phenoxy) is 1. The molecule has 0 saturated carbocycles. The summed E-state index contributed by atoms with van der Waals surface area (Å²) >= 11 is 0. The summed E-state index contributed by atoms with van der Waals surface area (Å²) in [4.78, 5) is 18.2. The van der Waals surface area contributed by atoms with Gasteiger partial charge in [0, 0.05) is 26.2 Å². The maximum atomic E-state index is 12.0. The van der Waals surface area contributed by atoms with E-state index in [0.717, 1.165) is 25.9 Å². The molecule has 1 fully saturated rings. The second-order valence-corrected chi connectivity index (χ2v) is 7.29. The van der Waals surface area contributed by atoms with Gasteiger partial charge in [-0.2, -0.15) is 0 Å². The highest BCUT2D eigenvalue weighted by Gasteiger charge is 2.29. The van der Waals surface area contributed by atoms with Gasteiger partial charge in [0.15, 0.2) is 5.96 Å². The van der Waals surface area contributed by atoms with Crippen molar-refractivity contribution in [3.05, 3.63) is 0 Å². The molecule has 1 heterocycles. The van der Waals surface area contributed by atoms with Gasteiger partial charge >= 0.3 is 6.09 Å². The lowest BCUT2D eigenvalue weighted by Crippen LogP contribution is -2.35. The molecular weight excluding hydrogens is 292 g/mol. The van der Waals surface area contributed by atoms with Crippen molar-refractivity contribution in [2.75, 3.05) is 26.2 Å². The second-order valence-electron chi connectivity index (χ2n) is 7.29. The van der Waals surface area contributed by atoms with Gasteiger partial charge in [-0.1, -0.05) is 26.2 Å². The quantitative estimate of drug-likeness (QED) is 0.428. The zero-order chi connectivity index (χ0) is 17.3. The highest BCUT2D eigenvalue weighted by molar-refractivity contribution is 5.77. The average Bonchev–Trinajstić information content (AvgIpc) is 2.92. The lowest BCUT2D eigenvalue weighted by molar-refractivity contribution is 0.0289. The Balaban J connectivity index is 2.23. The second kappa shape index (κ2) is 9.63. The van der Waals surface area contributed by atoms with Crippen LogP contribution in [0.1, 0.15) is 59.8 Å². The molecule has 1 aliphatic rings. The standard InChI is InChI=1S/C17H34N4O2/c1-5-6-7-8-10-19-15(18)20-12-14-9-11-21(13-14)16(22)23-17(2,3)4/h14H,5-13H2,1-4H3,(H3,18,19,20). The van der Waals surface area contributed by atoms with Gasteiger partial charge in [0.2, 0.25) is 0 Å². The van der Waals surface area contributed by atoms with Crippen LogP contribution in [0.3, 0.4) is 0 Å². The molecule has 1 amide bonds. The van der Waals surface area contributed by atoms with Gasteiger partial charge in [-0.3, -0.25) is 4.99 Å². The smallest absolute Gasteiger partial charge is 0.410 e. The van der Waals surface area contributed by atoms with Crippen molar-refractivity contribution in [1.29, 1.82) is 0 Å². The fraction of sp³-hybridized carbons (Fsp3) is 0.882. The van der Waals surface area contributed by atoms with E-state index in [-0.39, 0.29) is 6.09 Å². The first-order chi connectivity index (χ1) is 10.8. The number of aliphatic imine (C=N–C) groups is 1. The Kier molecular flexibility index (Phi) is 8.20. The van der Waals surface area contributed by atoms with E-state index in [9.17, 15) is 4.79 Å². The molecule has 1 saturated heterocycles. The first-order valence-corrected chi connectivity index (χ1v) is 8.83. The van der Waals surface area contributed by atoms with Crippen LogP contribution in [-0.4, -0.2) is 48.7 Å². The van der Waals surface area contributed by atoms with Crippen molar-refractivity contribution in [2.45, 2.75) is 65.4 Å². The largest absolute Gasteiger partial charge is 0.444 e. The Hall–Kier alpha value is -1.46. The molecule has 3 N–H and O–H groups in total. The number of unbranched alkanes of at least 4 members (excludes halogenated alkanes) is 3. The molecule has 1 unspecified atom stereocenters. The summed E-state index contributed by atoms with van der Waals surface area (Å²) in [5.41, 5.74) is 5.43. The Morgan fingerprint density at radius 2 is 2.09 bits per heavy atom. The SMILES string of the molecule is CCCCCCNC(N)=NCC1CCN(C(=O)OC(C)(C)C)C1. The molecule has 6 nitrogen and oxygen atoms in total. The molecule has 1 aliphatic heterocycles. The Bertz CT molecular complexity index is 391. The maximum absolute atomic E-state index is 12.0. The van der Waals surface area contributed by atoms with Gasteiger partial charge in [0.05, 0.1) is 0 Å². The molecule has 23 heavy (non-hydrogen) atoms. The van der Waals surface area contributed by atoms with Crippen LogP contribution in [0.5, 0.6) is 0 Å². The summed E-state index contributed by atoms with van der Waals surface area (Å²) in [5.74, 6) is 0.875. The summed E-state index contributed by atoms with van der Waals surface area (Å²) in [6, 6.07) is 0. The van der Waals surface area contributed by atoms with Crippen LogP contribution in [0.25, 0.3) is 0 Å². The number of nitrogens with two attached hydrogens (primary N) is 1. The number of carbonyl (C=O) groups is 1. The van der Waals surface area contributed by atoms with Crippen LogP contribution in [0.15, 0.2) is 4.99 Å². The average molecular weight is 326 g/mol. The molecule has 134 valence electrons. The van der Waals surface area contributed by atoms with Crippen LogP contribution in [0.2, 0.25) is 0 Å². The number of likely N-dealkylation sites (tertiary alicyclic amines) is 1. The first-order valence-electron chi connectivity index (χ1n) is 8.83. The van der Waals surface area contributed by atoms with Crippen LogP contribution < -0.4 is 11.1 Å². The minimum absolute atomic E-state index is 0.231. The number of hydrogen-bond donors (Lipinski definition) is 2. The van der Waals surface area contributed by atoms with E-state index >= 15 is 0 Å². The van der Waals surface area contributed by atoms with E-state index in [2.05, 4.69) is 17.2 Å². The molecule has 1 atom stereocenters. The zero-order valence-electron chi connectivity index (χ0n) is 15.2. The third kappa shape index (κ3) is 8.67. The predicted molar refractivity (Wildman–Crippen MR) is 94.5 cm³/mol.